The lowest BCUT2D eigenvalue weighted by molar-refractivity contribution is 0.0437. The molecule has 2 aromatic heterocycles. The zero-order valence-corrected chi connectivity index (χ0v) is 11.5. The standard InChI is InChI=1S/C16H14N2O3/c1-12-9-15(21-17-12)11-20-16(19)13-5-4-6-14(10-13)18-7-2-3-8-18/h2-10H,11H2,1H3. The molecule has 3 aromatic rings. The van der Waals surface area contributed by atoms with E-state index in [1.807, 2.05) is 48.1 Å². The summed E-state index contributed by atoms with van der Waals surface area (Å²) >= 11 is 0. The second kappa shape index (κ2) is 5.66. The van der Waals surface area contributed by atoms with Gasteiger partial charge in [-0.15, -0.1) is 0 Å². The minimum atomic E-state index is -0.391. The largest absolute Gasteiger partial charge is 0.454 e. The molecule has 0 aliphatic heterocycles. The van der Waals surface area contributed by atoms with Crippen molar-refractivity contribution in [3.8, 4) is 5.69 Å². The molecule has 0 bridgehead atoms. The third-order valence-corrected chi connectivity index (χ3v) is 3.01. The number of carbonyl (C=O) groups is 1. The second-order valence-electron chi connectivity index (χ2n) is 4.65. The molecule has 0 radical (unpaired) electrons. The Hall–Kier alpha value is -2.82. The van der Waals surface area contributed by atoms with Gasteiger partial charge in [-0.2, -0.15) is 0 Å². The Labute approximate surface area is 121 Å². The van der Waals surface area contributed by atoms with E-state index in [0.29, 0.717) is 11.3 Å². The monoisotopic (exact) mass is 282 g/mol. The Morgan fingerprint density at radius 3 is 2.76 bits per heavy atom. The number of hydrogen-bond acceptors (Lipinski definition) is 4. The van der Waals surface area contributed by atoms with Gasteiger partial charge in [-0.05, 0) is 37.3 Å². The highest BCUT2D eigenvalue weighted by Gasteiger charge is 2.10. The Morgan fingerprint density at radius 2 is 2.05 bits per heavy atom. The molecule has 0 saturated heterocycles. The number of hydrogen-bond donors (Lipinski definition) is 0. The van der Waals surface area contributed by atoms with Crippen LogP contribution in [0, 0.1) is 6.92 Å². The van der Waals surface area contributed by atoms with Gasteiger partial charge >= 0.3 is 5.97 Å². The SMILES string of the molecule is Cc1cc(COC(=O)c2cccc(-n3cccc3)c2)on1. The van der Waals surface area contributed by atoms with Gasteiger partial charge in [0, 0.05) is 24.1 Å². The maximum absolute atomic E-state index is 12.1. The fourth-order valence-corrected chi connectivity index (χ4v) is 2.00. The molecule has 5 nitrogen and oxygen atoms in total. The van der Waals surface area contributed by atoms with Crippen molar-refractivity contribution in [1.82, 2.24) is 9.72 Å². The number of nitrogens with zero attached hydrogens (tertiary/aromatic N) is 2. The molecule has 2 heterocycles. The van der Waals surface area contributed by atoms with Crippen LogP contribution in [0.3, 0.4) is 0 Å². The summed E-state index contributed by atoms with van der Waals surface area (Å²) in [7, 11) is 0. The molecular formula is C16H14N2O3. The lowest BCUT2D eigenvalue weighted by Gasteiger charge is -2.06. The summed E-state index contributed by atoms with van der Waals surface area (Å²) in [4.78, 5) is 12.1. The molecule has 1 aromatic carbocycles. The van der Waals surface area contributed by atoms with Crippen molar-refractivity contribution < 1.29 is 14.1 Å². The minimum absolute atomic E-state index is 0.0768. The quantitative estimate of drug-likeness (QED) is 0.690. The summed E-state index contributed by atoms with van der Waals surface area (Å²) in [5.41, 5.74) is 2.16. The van der Waals surface area contributed by atoms with E-state index in [9.17, 15) is 4.79 Å². The predicted molar refractivity (Wildman–Crippen MR) is 76.1 cm³/mol. The average Bonchev–Trinajstić information content (AvgIpc) is 3.16. The number of benzene rings is 1. The van der Waals surface area contributed by atoms with Gasteiger partial charge in [0.05, 0.1) is 11.3 Å². The van der Waals surface area contributed by atoms with Crippen LogP contribution in [0.2, 0.25) is 0 Å². The van der Waals surface area contributed by atoms with E-state index < -0.39 is 5.97 Å². The van der Waals surface area contributed by atoms with Gasteiger partial charge in [-0.25, -0.2) is 4.79 Å². The molecule has 0 spiro atoms. The third kappa shape index (κ3) is 3.02. The van der Waals surface area contributed by atoms with Crippen LogP contribution in [0.5, 0.6) is 0 Å². The summed E-state index contributed by atoms with van der Waals surface area (Å²) < 4.78 is 12.1. The van der Waals surface area contributed by atoms with Gasteiger partial charge in [0.15, 0.2) is 12.4 Å². The molecule has 5 heteroatoms. The molecule has 0 aliphatic rings. The van der Waals surface area contributed by atoms with Crippen molar-refractivity contribution in [1.29, 1.82) is 0 Å². The molecule has 21 heavy (non-hydrogen) atoms. The third-order valence-electron chi connectivity index (χ3n) is 3.01. The average molecular weight is 282 g/mol. The summed E-state index contributed by atoms with van der Waals surface area (Å²) in [6.45, 7) is 1.89. The first kappa shape index (κ1) is 13.2. The highest BCUT2D eigenvalue weighted by Crippen LogP contribution is 2.13. The van der Waals surface area contributed by atoms with E-state index in [-0.39, 0.29) is 6.61 Å². The zero-order chi connectivity index (χ0) is 14.7. The van der Waals surface area contributed by atoms with E-state index in [1.165, 1.54) is 0 Å². The Kier molecular flexibility index (Phi) is 3.55. The molecular weight excluding hydrogens is 268 g/mol. The van der Waals surface area contributed by atoms with E-state index in [0.717, 1.165) is 11.4 Å². The van der Waals surface area contributed by atoms with Crippen molar-refractivity contribution in [3.05, 3.63) is 71.9 Å². The van der Waals surface area contributed by atoms with E-state index in [2.05, 4.69) is 5.16 Å². The van der Waals surface area contributed by atoms with E-state index in [1.54, 1.807) is 18.2 Å². The minimum Gasteiger partial charge on any atom is -0.454 e. The van der Waals surface area contributed by atoms with Crippen molar-refractivity contribution in [2.45, 2.75) is 13.5 Å². The number of carbonyl (C=O) groups excluding carboxylic acids is 1. The summed E-state index contributed by atoms with van der Waals surface area (Å²) in [6, 6.07) is 12.9. The lowest BCUT2D eigenvalue weighted by atomic mass is 10.2. The van der Waals surface area contributed by atoms with Gasteiger partial charge in [0.2, 0.25) is 0 Å². The van der Waals surface area contributed by atoms with Crippen LogP contribution in [0.25, 0.3) is 5.69 Å². The number of aryl methyl sites for hydroxylation is 1. The fraction of sp³-hybridized carbons (Fsp3) is 0.125. The van der Waals surface area contributed by atoms with Gasteiger partial charge < -0.3 is 13.8 Å². The number of ether oxygens (including phenoxy) is 1. The van der Waals surface area contributed by atoms with Crippen LogP contribution in [0.1, 0.15) is 21.8 Å². The van der Waals surface area contributed by atoms with Crippen LogP contribution in [0.4, 0.5) is 0 Å². The smallest absolute Gasteiger partial charge is 0.338 e. The van der Waals surface area contributed by atoms with Crippen LogP contribution in [-0.2, 0) is 11.3 Å². The highest BCUT2D eigenvalue weighted by atomic mass is 16.5. The van der Waals surface area contributed by atoms with E-state index >= 15 is 0 Å². The van der Waals surface area contributed by atoms with Crippen molar-refractivity contribution in [2.24, 2.45) is 0 Å². The first-order valence-corrected chi connectivity index (χ1v) is 6.55. The molecule has 0 saturated carbocycles. The normalized spacial score (nSPS) is 10.5. The first-order chi connectivity index (χ1) is 10.2. The maximum Gasteiger partial charge on any atom is 0.338 e. The summed E-state index contributed by atoms with van der Waals surface area (Å²) in [6.07, 6.45) is 3.84. The predicted octanol–water partition coefficient (Wildman–Crippen LogP) is 3.13. The van der Waals surface area contributed by atoms with Crippen LogP contribution in [-0.4, -0.2) is 15.7 Å². The van der Waals surface area contributed by atoms with Gasteiger partial charge in [0.1, 0.15) is 0 Å². The van der Waals surface area contributed by atoms with Crippen molar-refractivity contribution in [3.63, 3.8) is 0 Å². The molecule has 3 rings (SSSR count). The lowest BCUT2D eigenvalue weighted by Crippen LogP contribution is -2.05. The number of rotatable bonds is 4. The van der Waals surface area contributed by atoms with Gasteiger partial charge in [-0.1, -0.05) is 11.2 Å². The first-order valence-electron chi connectivity index (χ1n) is 6.55. The molecule has 0 aliphatic carbocycles. The van der Waals surface area contributed by atoms with Gasteiger partial charge in [0.25, 0.3) is 0 Å². The Bertz CT molecular complexity index is 744. The van der Waals surface area contributed by atoms with Crippen molar-refractivity contribution in [2.75, 3.05) is 0 Å². The van der Waals surface area contributed by atoms with Crippen LogP contribution in [0.15, 0.2) is 59.4 Å². The number of esters is 1. The van der Waals surface area contributed by atoms with Crippen LogP contribution >= 0.6 is 0 Å². The zero-order valence-electron chi connectivity index (χ0n) is 11.5. The maximum atomic E-state index is 12.1. The molecule has 106 valence electrons. The van der Waals surface area contributed by atoms with Crippen molar-refractivity contribution >= 4 is 5.97 Å². The van der Waals surface area contributed by atoms with E-state index in [4.69, 9.17) is 9.26 Å². The summed E-state index contributed by atoms with van der Waals surface area (Å²) in [5, 5.41) is 3.75. The van der Waals surface area contributed by atoms with Gasteiger partial charge in [-0.3, -0.25) is 0 Å². The summed E-state index contributed by atoms with van der Waals surface area (Å²) in [5.74, 6) is 0.139. The Balaban J connectivity index is 1.71. The topological polar surface area (TPSA) is 57.3 Å². The molecule has 0 fully saturated rings. The highest BCUT2D eigenvalue weighted by molar-refractivity contribution is 5.90. The Morgan fingerprint density at radius 1 is 1.24 bits per heavy atom. The molecule has 0 unspecified atom stereocenters. The fourth-order valence-electron chi connectivity index (χ4n) is 2.00. The number of aromatic nitrogens is 2. The second-order valence-corrected chi connectivity index (χ2v) is 4.65. The van der Waals surface area contributed by atoms with Crippen LogP contribution < -0.4 is 0 Å². The molecule has 0 N–H and O–H groups in total. The molecule has 0 atom stereocenters. The molecule has 0 amide bonds.